The summed E-state index contributed by atoms with van der Waals surface area (Å²) >= 11 is 0. The van der Waals surface area contributed by atoms with Crippen molar-refractivity contribution in [3.05, 3.63) is 54.5 Å². The van der Waals surface area contributed by atoms with Gasteiger partial charge >= 0.3 is 0 Å². The van der Waals surface area contributed by atoms with Crippen molar-refractivity contribution in [2.45, 2.75) is 12.3 Å². The van der Waals surface area contributed by atoms with E-state index in [9.17, 15) is 4.79 Å². The van der Waals surface area contributed by atoms with Crippen LogP contribution in [0.2, 0.25) is 0 Å². The Bertz CT molecular complexity index is 868. The summed E-state index contributed by atoms with van der Waals surface area (Å²) < 4.78 is 16.2. The molecule has 1 saturated carbocycles. The Kier molecular flexibility index (Phi) is 3.85. The van der Waals surface area contributed by atoms with Gasteiger partial charge in [-0.05, 0) is 42.2 Å². The van der Waals surface area contributed by atoms with Crippen LogP contribution in [0.3, 0.4) is 0 Å². The van der Waals surface area contributed by atoms with E-state index >= 15 is 0 Å². The van der Waals surface area contributed by atoms with Crippen molar-refractivity contribution in [2.75, 3.05) is 33.0 Å². The van der Waals surface area contributed by atoms with Gasteiger partial charge in [0.05, 0.1) is 12.0 Å². The van der Waals surface area contributed by atoms with Gasteiger partial charge in [-0.15, -0.1) is 0 Å². The minimum absolute atomic E-state index is 0.0881. The molecule has 2 atom stereocenters. The highest BCUT2D eigenvalue weighted by atomic mass is 16.7. The van der Waals surface area contributed by atoms with Gasteiger partial charge in [0.15, 0.2) is 11.5 Å². The van der Waals surface area contributed by atoms with Gasteiger partial charge in [-0.2, -0.15) is 0 Å². The van der Waals surface area contributed by atoms with Gasteiger partial charge in [0, 0.05) is 32.1 Å². The van der Waals surface area contributed by atoms with Crippen molar-refractivity contribution in [2.24, 2.45) is 5.92 Å². The van der Waals surface area contributed by atoms with Crippen LogP contribution >= 0.6 is 0 Å². The van der Waals surface area contributed by atoms with Gasteiger partial charge in [-0.1, -0.05) is 12.6 Å². The van der Waals surface area contributed by atoms with Crippen LogP contribution in [0.25, 0.3) is 5.70 Å². The maximum Gasteiger partial charge on any atom is 0.231 e. The smallest absolute Gasteiger partial charge is 0.231 e. The summed E-state index contributed by atoms with van der Waals surface area (Å²) in [4.78, 5) is 17.1. The van der Waals surface area contributed by atoms with Crippen molar-refractivity contribution >= 4 is 11.6 Å². The number of carbonyl (C=O) groups is 1. The van der Waals surface area contributed by atoms with E-state index in [1.807, 2.05) is 29.2 Å². The number of piperazine rings is 1. The fourth-order valence-electron chi connectivity index (χ4n) is 4.01. The van der Waals surface area contributed by atoms with Crippen LogP contribution in [0.5, 0.6) is 11.5 Å². The molecule has 5 rings (SSSR count). The van der Waals surface area contributed by atoms with Crippen molar-refractivity contribution in [1.82, 2.24) is 9.80 Å². The van der Waals surface area contributed by atoms with Crippen molar-refractivity contribution < 1.29 is 18.7 Å². The van der Waals surface area contributed by atoms with Crippen molar-refractivity contribution in [1.29, 1.82) is 0 Å². The Labute approximate surface area is 157 Å². The molecule has 6 nitrogen and oxygen atoms in total. The van der Waals surface area contributed by atoms with E-state index in [-0.39, 0.29) is 18.6 Å². The monoisotopic (exact) mass is 366 g/mol. The Hall–Kier alpha value is -2.89. The number of furan rings is 1. The maximum atomic E-state index is 12.9. The van der Waals surface area contributed by atoms with Crippen LogP contribution in [-0.4, -0.2) is 48.7 Å². The van der Waals surface area contributed by atoms with Crippen molar-refractivity contribution in [3.8, 4) is 11.5 Å². The third-order valence-electron chi connectivity index (χ3n) is 5.71. The van der Waals surface area contributed by atoms with Crippen LogP contribution in [0.1, 0.15) is 23.7 Å². The van der Waals surface area contributed by atoms with E-state index in [0.29, 0.717) is 5.92 Å². The van der Waals surface area contributed by atoms with E-state index < -0.39 is 0 Å². The van der Waals surface area contributed by atoms with Gasteiger partial charge < -0.3 is 23.7 Å². The lowest BCUT2D eigenvalue weighted by Gasteiger charge is -2.36. The first kappa shape index (κ1) is 16.3. The second-order valence-electron chi connectivity index (χ2n) is 7.30. The van der Waals surface area contributed by atoms with Gasteiger partial charge in [0.25, 0.3) is 0 Å². The topological polar surface area (TPSA) is 55.2 Å². The van der Waals surface area contributed by atoms with Crippen LogP contribution in [0, 0.1) is 5.92 Å². The molecule has 0 N–H and O–H groups in total. The molecule has 1 saturated heterocycles. The maximum absolute atomic E-state index is 12.9. The minimum atomic E-state index is 0.0881. The number of fused-ring (bicyclic) bond motifs is 1. The normalized spacial score (nSPS) is 23.4. The average Bonchev–Trinajstić information content (AvgIpc) is 3.09. The molecule has 6 heteroatoms. The molecule has 0 bridgehead atoms. The zero-order chi connectivity index (χ0) is 18.4. The summed E-state index contributed by atoms with van der Waals surface area (Å²) in [5.41, 5.74) is 2.05. The molecule has 0 radical (unpaired) electrons. The summed E-state index contributed by atoms with van der Waals surface area (Å²) in [6, 6.07) is 9.79. The van der Waals surface area contributed by atoms with Crippen molar-refractivity contribution in [3.63, 3.8) is 0 Å². The fourth-order valence-corrected chi connectivity index (χ4v) is 4.01. The first-order valence-corrected chi connectivity index (χ1v) is 9.37. The lowest BCUT2D eigenvalue weighted by atomic mass is 10.1. The Morgan fingerprint density at radius 3 is 2.59 bits per heavy atom. The average molecular weight is 366 g/mol. The second-order valence-corrected chi connectivity index (χ2v) is 7.30. The number of carbonyl (C=O) groups excluding carboxylic acids is 1. The Morgan fingerprint density at radius 1 is 1.04 bits per heavy atom. The molecular weight excluding hydrogens is 344 g/mol. The number of ether oxygens (including phenoxy) is 2. The third-order valence-corrected chi connectivity index (χ3v) is 5.71. The molecule has 1 aliphatic carbocycles. The van der Waals surface area contributed by atoms with E-state index in [2.05, 4.69) is 17.5 Å². The first-order chi connectivity index (χ1) is 13.2. The summed E-state index contributed by atoms with van der Waals surface area (Å²) in [7, 11) is 0. The lowest BCUT2D eigenvalue weighted by molar-refractivity contribution is -0.134. The van der Waals surface area contributed by atoms with E-state index in [4.69, 9.17) is 13.9 Å². The van der Waals surface area contributed by atoms with Crippen LogP contribution < -0.4 is 9.47 Å². The van der Waals surface area contributed by atoms with Crippen LogP contribution in [0.15, 0.2) is 47.6 Å². The SMILES string of the molecule is C=C(c1ccco1)N1CCN(C(=O)C2CC2c2ccc3c(c2)OCO3)CC1. The quantitative estimate of drug-likeness (QED) is 0.833. The number of rotatable bonds is 4. The predicted octanol–water partition coefficient (Wildman–Crippen LogP) is 2.93. The molecular formula is C21H22N2O4. The molecule has 1 aromatic carbocycles. The van der Waals surface area contributed by atoms with Gasteiger partial charge in [0.1, 0.15) is 5.76 Å². The molecule has 3 aliphatic rings. The molecule has 1 aromatic heterocycles. The highest BCUT2D eigenvalue weighted by Crippen LogP contribution is 2.50. The number of hydrogen-bond donors (Lipinski definition) is 0. The Balaban J connectivity index is 1.18. The standard InChI is InChI=1S/C21H22N2O4/c1-14(18-3-2-10-25-18)22-6-8-23(9-7-22)21(24)17-12-16(17)15-4-5-19-20(11-15)27-13-26-19/h2-5,10-11,16-17H,1,6-9,12-13H2. The summed E-state index contributed by atoms with van der Waals surface area (Å²) in [5, 5.41) is 0. The highest BCUT2D eigenvalue weighted by molar-refractivity contribution is 5.83. The van der Waals surface area contributed by atoms with E-state index in [0.717, 1.165) is 55.6 Å². The van der Waals surface area contributed by atoms with Gasteiger partial charge in [-0.25, -0.2) is 0 Å². The van der Waals surface area contributed by atoms with E-state index in [1.165, 1.54) is 5.56 Å². The summed E-state index contributed by atoms with van der Waals surface area (Å²) in [6.45, 7) is 7.42. The molecule has 2 aliphatic heterocycles. The molecule has 2 unspecified atom stereocenters. The second kappa shape index (κ2) is 6.37. The molecule has 1 amide bonds. The molecule has 0 spiro atoms. The first-order valence-electron chi connectivity index (χ1n) is 9.37. The molecule has 27 heavy (non-hydrogen) atoms. The molecule has 2 aromatic rings. The van der Waals surface area contributed by atoms with Gasteiger partial charge in [0.2, 0.25) is 12.7 Å². The zero-order valence-corrected chi connectivity index (χ0v) is 15.1. The third kappa shape index (κ3) is 2.95. The minimum Gasteiger partial charge on any atom is -0.463 e. The largest absolute Gasteiger partial charge is 0.463 e. The number of benzene rings is 1. The number of hydrogen-bond acceptors (Lipinski definition) is 5. The number of nitrogens with zero attached hydrogens (tertiary/aromatic N) is 2. The lowest BCUT2D eigenvalue weighted by Crippen LogP contribution is -2.48. The number of amides is 1. The van der Waals surface area contributed by atoms with Crippen LogP contribution in [0.4, 0.5) is 0 Å². The molecule has 2 fully saturated rings. The molecule has 3 heterocycles. The van der Waals surface area contributed by atoms with Gasteiger partial charge in [-0.3, -0.25) is 4.79 Å². The predicted molar refractivity (Wildman–Crippen MR) is 99.3 cm³/mol. The van der Waals surface area contributed by atoms with E-state index in [1.54, 1.807) is 6.26 Å². The summed E-state index contributed by atoms with van der Waals surface area (Å²) in [5.74, 6) is 3.01. The summed E-state index contributed by atoms with van der Waals surface area (Å²) in [6.07, 6.45) is 2.57. The van der Waals surface area contributed by atoms with Crippen LogP contribution in [-0.2, 0) is 4.79 Å². The molecule has 140 valence electrons. The zero-order valence-electron chi connectivity index (χ0n) is 15.1. The highest BCUT2D eigenvalue weighted by Gasteiger charge is 2.46. The Morgan fingerprint density at radius 2 is 1.81 bits per heavy atom. The fraction of sp³-hybridized carbons (Fsp3) is 0.381.